The van der Waals surface area contributed by atoms with Gasteiger partial charge in [0.2, 0.25) is 5.91 Å². The Morgan fingerprint density at radius 1 is 1.05 bits per heavy atom. The number of carbonyl (C=O) groups excluding carboxylic acids is 2. The number of hydrogen-bond acceptors (Lipinski definition) is 5. The van der Waals surface area contributed by atoms with Gasteiger partial charge >= 0.3 is 0 Å². The Morgan fingerprint density at radius 2 is 1.85 bits per heavy atom. The van der Waals surface area contributed by atoms with Gasteiger partial charge in [0.15, 0.2) is 0 Å². The zero-order chi connectivity index (χ0) is 28.3. The van der Waals surface area contributed by atoms with E-state index >= 15 is 0 Å². The lowest BCUT2D eigenvalue weighted by molar-refractivity contribution is -0.121. The van der Waals surface area contributed by atoms with Gasteiger partial charge in [-0.15, -0.1) is 0 Å². The van der Waals surface area contributed by atoms with E-state index in [2.05, 4.69) is 41.4 Å². The van der Waals surface area contributed by atoms with Crippen LogP contribution in [0.1, 0.15) is 63.2 Å². The van der Waals surface area contributed by atoms with E-state index in [1.807, 2.05) is 36.4 Å². The molecule has 8 heteroatoms. The molecule has 0 bridgehead atoms. The van der Waals surface area contributed by atoms with Crippen molar-refractivity contribution in [2.75, 3.05) is 10.6 Å². The van der Waals surface area contributed by atoms with Gasteiger partial charge < -0.3 is 21.4 Å². The SMILES string of the molecule is CCC1C[C@@H](C)CC(C(=O)Nc2ccc(-c3nc4cc(C(=O)Nc5ccccn5)ccc4[nH]3)cc2)C[C@](C)(N)C1. The molecule has 2 heterocycles. The van der Waals surface area contributed by atoms with E-state index in [1.54, 1.807) is 30.5 Å². The molecule has 1 aliphatic rings. The molecule has 8 nitrogen and oxygen atoms in total. The van der Waals surface area contributed by atoms with E-state index in [0.29, 0.717) is 41.0 Å². The van der Waals surface area contributed by atoms with Gasteiger partial charge in [0, 0.05) is 34.5 Å². The molecule has 208 valence electrons. The molecule has 0 saturated heterocycles. The summed E-state index contributed by atoms with van der Waals surface area (Å²) in [5.41, 5.74) is 9.95. The van der Waals surface area contributed by atoms with Gasteiger partial charge in [0.05, 0.1) is 11.0 Å². The highest BCUT2D eigenvalue weighted by molar-refractivity contribution is 6.05. The number of benzene rings is 2. The minimum absolute atomic E-state index is 0.0338. The quantitative estimate of drug-likeness (QED) is 0.226. The summed E-state index contributed by atoms with van der Waals surface area (Å²) in [5.74, 6) is 1.98. The van der Waals surface area contributed by atoms with Crippen molar-refractivity contribution in [3.63, 3.8) is 0 Å². The molecule has 0 aliphatic heterocycles. The largest absolute Gasteiger partial charge is 0.338 e. The maximum atomic E-state index is 13.3. The summed E-state index contributed by atoms with van der Waals surface area (Å²) >= 11 is 0. The fraction of sp³-hybridized carbons (Fsp3) is 0.375. The smallest absolute Gasteiger partial charge is 0.256 e. The van der Waals surface area contributed by atoms with Crippen LogP contribution in [0.5, 0.6) is 0 Å². The molecule has 4 atom stereocenters. The van der Waals surface area contributed by atoms with Gasteiger partial charge in [-0.1, -0.05) is 26.3 Å². The van der Waals surface area contributed by atoms with Crippen LogP contribution in [0.15, 0.2) is 66.9 Å². The van der Waals surface area contributed by atoms with Crippen LogP contribution in [0.25, 0.3) is 22.4 Å². The number of aromatic nitrogens is 3. The zero-order valence-electron chi connectivity index (χ0n) is 23.4. The number of nitrogens with two attached hydrogens (primary N) is 1. The molecule has 1 aliphatic carbocycles. The Hall–Kier alpha value is -4.04. The number of anilines is 2. The minimum Gasteiger partial charge on any atom is -0.338 e. The molecule has 5 rings (SSSR count). The normalized spacial score (nSPS) is 23.2. The van der Waals surface area contributed by atoms with Crippen molar-refractivity contribution in [3.05, 3.63) is 72.4 Å². The molecule has 2 aromatic heterocycles. The third-order valence-electron chi connectivity index (χ3n) is 7.92. The van der Waals surface area contributed by atoms with Crippen molar-refractivity contribution in [3.8, 4) is 11.4 Å². The molecular weight excluding hydrogens is 500 g/mol. The van der Waals surface area contributed by atoms with Crippen molar-refractivity contribution in [1.29, 1.82) is 0 Å². The molecule has 5 N–H and O–H groups in total. The first-order chi connectivity index (χ1) is 19.2. The lowest BCUT2D eigenvalue weighted by Crippen LogP contribution is -2.44. The molecule has 4 aromatic rings. The van der Waals surface area contributed by atoms with Crippen LogP contribution < -0.4 is 16.4 Å². The Labute approximate surface area is 235 Å². The van der Waals surface area contributed by atoms with Crippen LogP contribution in [0, 0.1) is 17.8 Å². The number of nitrogens with one attached hydrogen (secondary N) is 3. The zero-order valence-corrected chi connectivity index (χ0v) is 23.4. The highest BCUT2D eigenvalue weighted by Gasteiger charge is 2.34. The maximum absolute atomic E-state index is 13.3. The summed E-state index contributed by atoms with van der Waals surface area (Å²) < 4.78 is 0. The fourth-order valence-electron chi connectivity index (χ4n) is 6.00. The number of hydrogen-bond donors (Lipinski definition) is 4. The molecule has 1 fully saturated rings. The predicted molar refractivity (Wildman–Crippen MR) is 160 cm³/mol. The molecule has 40 heavy (non-hydrogen) atoms. The number of aromatic amines is 1. The molecule has 2 aromatic carbocycles. The van der Waals surface area contributed by atoms with Crippen molar-refractivity contribution in [2.45, 2.75) is 58.4 Å². The van der Waals surface area contributed by atoms with Crippen molar-refractivity contribution in [2.24, 2.45) is 23.5 Å². The summed E-state index contributed by atoms with van der Waals surface area (Å²) in [6.07, 6.45) is 6.39. The van der Waals surface area contributed by atoms with Crippen LogP contribution in [-0.4, -0.2) is 32.3 Å². The van der Waals surface area contributed by atoms with Gasteiger partial charge in [-0.2, -0.15) is 0 Å². The number of imidazole rings is 1. The van der Waals surface area contributed by atoms with Crippen LogP contribution in [0.4, 0.5) is 11.5 Å². The number of fused-ring (bicyclic) bond motifs is 1. The van der Waals surface area contributed by atoms with Gasteiger partial charge in [-0.25, -0.2) is 9.97 Å². The van der Waals surface area contributed by atoms with Crippen LogP contribution in [0.3, 0.4) is 0 Å². The topological polar surface area (TPSA) is 126 Å². The summed E-state index contributed by atoms with van der Waals surface area (Å²) in [6, 6.07) is 18.4. The Bertz CT molecular complexity index is 1480. The molecule has 0 radical (unpaired) electrons. The number of amides is 2. The number of H-pyrrole nitrogens is 1. The van der Waals surface area contributed by atoms with Crippen molar-refractivity contribution < 1.29 is 9.59 Å². The molecule has 2 amide bonds. The van der Waals surface area contributed by atoms with Gasteiger partial charge in [-0.05, 0) is 99.0 Å². The average molecular weight is 539 g/mol. The second-order valence-corrected chi connectivity index (χ2v) is 11.7. The molecule has 2 unspecified atom stereocenters. The van der Waals surface area contributed by atoms with Crippen molar-refractivity contribution in [1.82, 2.24) is 15.0 Å². The van der Waals surface area contributed by atoms with Gasteiger partial charge in [-0.3, -0.25) is 9.59 Å². The number of nitrogens with zero attached hydrogens (tertiary/aromatic N) is 2. The lowest BCUT2D eigenvalue weighted by Gasteiger charge is -2.37. The number of pyridine rings is 1. The van der Waals surface area contributed by atoms with Crippen LogP contribution in [-0.2, 0) is 4.79 Å². The molecule has 0 spiro atoms. The van der Waals surface area contributed by atoms with E-state index in [4.69, 9.17) is 10.7 Å². The second-order valence-electron chi connectivity index (χ2n) is 11.7. The van der Waals surface area contributed by atoms with E-state index in [1.165, 1.54) is 0 Å². The first-order valence-electron chi connectivity index (χ1n) is 14.1. The molecule has 1 saturated carbocycles. The predicted octanol–water partition coefficient (Wildman–Crippen LogP) is 6.39. The minimum atomic E-state index is -0.340. The van der Waals surface area contributed by atoms with Gasteiger partial charge in [0.1, 0.15) is 11.6 Å². The standard InChI is InChI=1S/C32H38N6O2/c1-4-21-15-20(2)16-24(19-32(3,33)18-21)31(40)35-25-11-8-22(9-12-25)29-36-26-13-10-23(17-27(26)37-29)30(39)38-28-7-5-6-14-34-28/h5-14,17,20-21,24H,4,15-16,18-19,33H2,1-3H3,(H,35,40)(H,36,37)(H,34,38,39)/t20-,21?,24?,32-/m1/s1. The first-order valence-corrected chi connectivity index (χ1v) is 14.1. The summed E-state index contributed by atoms with van der Waals surface area (Å²) in [7, 11) is 0. The maximum Gasteiger partial charge on any atom is 0.256 e. The summed E-state index contributed by atoms with van der Waals surface area (Å²) in [4.78, 5) is 38.1. The van der Waals surface area contributed by atoms with Crippen LogP contribution >= 0.6 is 0 Å². The first kappa shape index (κ1) is 27.5. The Balaban J connectivity index is 1.26. The van der Waals surface area contributed by atoms with Crippen LogP contribution in [0.2, 0.25) is 0 Å². The average Bonchev–Trinajstić information content (AvgIpc) is 3.36. The summed E-state index contributed by atoms with van der Waals surface area (Å²) in [5, 5.41) is 5.91. The van der Waals surface area contributed by atoms with E-state index in [0.717, 1.165) is 42.5 Å². The number of rotatable bonds is 6. The third kappa shape index (κ3) is 6.57. The van der Waals surface area contributed by atoms with Gasteiger partial charge in [0.25, 0.3) is 5.91 Å². The highest BCUT2D eigenvalue weighted by Crippen LogP contribution is 2.36. The fourth-order valence-corrected chi connectivity index (χ4v) is 6.00. The Morgan fingerprint density at radius 3 is 2.58 bits per heavy atom. The third-order valence-corrected chi connectivity index (χ3v) is 7.92. The van der Waals surface area contributed by atoms with E-state index in [9.17, 15) is 9.59 Å². The Kier molecular flexibility index (Phi) is 7.98. The summed E-state index contributed by atoms with van der Waals surface area (Å²) in [6.45, 7) is 6.57. The lowest BCUT2D eigenvalue weighted by atomic mass is 9.72. The molecular formula is C32H38N6O2. The highest BCUT2D eigenvalue weighted by atomic mass is 16.2. The van der Waals surface area contributed by atoms with E-state index in [-0.39, 0.29) is 23.3 Å². The second kappa shape index (κ2) is 11.6. The monoisotopic (exact) mass is 538 g/mol. The van der Waals surface area contributed by atoms with E-state index < -0.39 is 0 Å². The van der Waals surface area contributed by atoms with Crippen molar-refractivity contribution >= 4 is 34.4 Å². The number of carbonyl (C=O) groups is 2.